The zero-order chi connectivity index (χ0) is 27.5. The standard InChI is InChI=1S/C30H31BrN4O4/c1-29(2,3)39-28(37)35-10-8-34(9-11-35)24-16-21-20(15-22(24)31)26(36)25-19-5-4-18(17-32)14-23(19)33-27(25)30(21)6-12-38-13-7-30/h4-5,14-16,33H,6-13H2,1-3H3. The quantitative estimate of drug-likeness (QED) is 0.402. The van der Waals surface area contributed by atoms with E-state index in [1.165, 1.54) is 0 Å². The third-order valence-electron chi connectivity index (χ3n) is 8.10. The number of halogens is 1. The lowest BCUT2D eigenvalue weighted by molar-refractivity contribution is 0.0240. The molecule has 0 bridgehead atoms. The van der Waals surface area contributed by atoms with Crippen molar-refractivity contribution in [2.75, 3.05) is 44.3 Å². The fourth-order valence-corrected chi connectivity index (χ4v) is 6.81. The predicted octanol–water partition coefficient (Wildman–Crippen LogP) is 5.50. The highest BCUT2D eigenvalue weighted by molar-refractivity contribution is 9.10. The van der Waals surface area contributed by atoms with E-state index in [0.717, 1.165) is 45.2 Å². The second-order valence-electron chi connectivity index (χ2n) is 11.6. The number of nitrogens with zero attached hydrogens (tertiary/aromatic N) is 3. The van der Waals surface area contributed by atoms with E-state index >= 15 is 0 Å². The Morgan fingerprint density at radius 2 is 1.85 bits per heavy atom. The Bertz CT molecular complexity index is 1530. The Kier molecular flexibility index (Phi) is 6.23. The molecule has 3 aliphatic rings. The highest BCUT2D eigenvalue weighted by Gasteiger charge is 2.47. The van der Waals surface area contributed by atoms with Crippen molar-refractivity contribution in [3.8, 4) is 6.07 Å². The van der Waals surface area contributed by atoms with Crippen LogP contribution >= 0.6 is 15.9 Å². The largest absolute Gasteiger partial charge is 0.444 e. The molecule has 2 fully saturated rings. The molecule has 9 heteroatoms. The summed E-state index contributed by atoms with van der Waals surface area (Å²) in [6.07, 6.45) is 1.22. The minimum absolute atomic E-state index is 0.00457. The van der Waals surface area contributed by atoms with Crippen LogP contribution in [-0.2, 0) is 14.9 Å². The van der Waals surface area contributed by atoms with Gasteiger partial charge in [-0.2, -0.15) is 5.26 Å². The number of aromatic nitrogens is 1. The molecule has 0 radical (unpaired) electrons. The first kappa shape index (κ1) is 25.9. The Morgan fingerprint density at radius 3 is 2.51 bits per heavy atom. The number of carbonyl (C=O) groups excluding carboxylic acids is 2. The molecule has 1 aromatic heterocycles. The second-order valence-corrected chi connectivity index (χ2v) is 12.4. The number of rotatable bonds is 1. The summed E-state index contributed by atoms with van der Waals surface area (Å²) in [7, 11) is 0. The van der Waals surface area contributed by atoms with E-state index < -0.39 is 11.0 Å². The van der Waals surface area contributed by atoms with Crippen LogP contribution in [0.1, 0.15) is 66.4 Å². The summed E-state index contributed by atoms with van der Waals surface area (Å²) >= 11 is 3.77. The number of H-pyrrole nitrogens is 1. The monoisotopic (exact) mass is 590 g/mol. The van der Waals surface area contributed by atoms with Crippen molar-refractivity contribution >= 4 is 44.4 Å². The zero-order valence-corrected chi connectivity index (χ0v) is 24.0. The van der Waals surface area contributed by atoms with Gasteiger partial charge in [-0.15, -0.1) is 0 Å². The van der Waals surface area contributed by atoms with Crippen LogP contribution in [0, 0.1) is 11.3 Å². The lowest BCUT2D eigenvalue weighted by Gasteiger charge is -2.43. The van der Waals surface area contributed by atoms with E-state index in [2.05, 4.69) is 37.9 Å². The molecule has 2 aliphatic heterocycles. The van der Waals surface area contributed by atoms with Crippen molar-refractivity contribution < 1.29 is 19.1 Å². The average Bonchev–Trinajstić information content (AvgIpc) is 3.31. The first-order valence-electron chi connectivity index (χ1n) is 13.4. The third-order valence-corrected chi connectivity index (χ3v) is 8.73. The van der Waals surface area contributed by atoms with Gasteiger partial charge in [-0.3, -0.25) is 4.79 Å². The number of hydrogen-bond donors (Lipinski definition) is 1. The first-order valence-corrected chi connectivity index (χ1v) is 14.2. The van der Waals surface area contributed by atoms with Gasteiger partial charge < -0.3 is 24.3 Å². The maximum Gasteiger partial charge on any atom is 0.410 e. The van der Waals surface area contributed by atoms with Crippen LogP contribution in [0.3, 0.4) is 0 Å². The molecule has 6 rings (SSSR count). The van der Waals surface area contributed by atoms with Crippen molar-refractivity contribution in [1.29, 1.82) is 5.26 Å². The molecule has 3 aromatic rings. The topological polar surface area (TPSA) is 98.7 Å². The maximum absolute atomic E-state index is 14.0. The molecule has 39 heavy (non-hydrogen) atoms. The van der Waals surface area contributed by atoms with Gasteiger partial charge in [0.2, 0.25) is 0 Å². The van der Waals surface area contributed by atoms with Crippen LogP contribution in [0.5, 0.6) is 0 Å². The van der Waals surface area contributed by atoms with E-state index in [1.807, 2.05) is 39.0 Å². The minimum atomic E-state index is -0.530. The van der Waals surface area contributed by atoms with E-state index in [1.54, 1.807) is 11.0 Å². The van der Waals surface area contributed by atoms with Crippen LogP contribution in [0.2, 0.25) is 0 Å². The van der Waals surface area contributed by atoms with Crippen molar-refractivity contribution in [2.45, 2.75) is 44.6 Å². The number of hydrogen-bond acceptors (Lipinski definition) is 6. The molecule has 0 atom stereocenters. The van der Waals surface area contributed by atoms with Gasteiger partial charge in [0.15, 0.2) is 5.78 Å². The Labute approximate surface area is 236 Å². The summed E-state index contributed by atoms with van der Waals surface area (Å²) in [4.78, 5) is 34.2. The molecule has 1 aliphatic carbocycles. The van der Waals surface area contributed by atoms with Gasteiger partial charge in [0.1, 0.15) is 5.60 Å². The number of amides is 1. The number of nitriles is 1. The molecule has 1 amide bonds. The van der Waals surface area contributed by atoms with Gasteiger partial charge in [-0.05, 0) is 79.4 Å². The van der Waals surface area contributed by atoms with Gasteiger partial charge in [0, 0.05) is 71.4 Å². The fourth-order valence-electron chi connectivity index (χ4n) is 6.21. The summed E-state index contributed by atoms with van der Waals surface area (Å²) in [5.74, 6) is -0.00457. The maximum atomic E-state index is 14.0. The highest BCUT2D eigenvalue weighted by atomic mass is 79.9. The molecule has 202 valence electrons. The number of carbonyl (C=O) groups is 2. The predicted molar refractivity (Wildman–Crippen MR) is 151 cm³/mol. The Hall–Kier alpha value is -3.35. The molecule has 3 heterocycles. The van der Waals surface area contributed by atoms with Gasteiger partial charge in [-0.1, -0.05) is 6.07 Å². The number of nitrogens with one attached hydrogen (secondary N) is 1. The summed E-state index contributed by atoms with van der Waals surface area (Å²) in [6, 6.07) is 11.8. The number of aromatic amines is 1. The molecular formula is C30H31BrN4O4. The fraction of sp³-hybridized carbons (Fsp3) is 0.433. The van der Waals surface area contributed by atoms with E-state index in [9.17, 15) is 14.9 Å². The van der Waals surface area contributed by atoms with E-state index in [0.29, 0.717) is 56.1 Å². The molecule has 0 unspecified atom stereocenters. The highest BCUT2D eigenvalue weighted by Crippen LogP contribution is 2.51. The zero-order valence-electron chi connectivity index (χ0n) is 22.4. The summed E-state index contributed by atoms with van der Waals surface area (Å²) in [5.41, 5.74) is 4.81. The van der Waals surface area contributed by atoms with Crippen LogP contribution in [0.25, 0.3) is 10.9 Å². The Morgan fingerprint density at radius 1 is 1.13 bits per heavy atom. The molecular weight excluding hydrogens is 560 g/mol. The first-order chi connectivity index (χ1) is 18.6. The molecule has 0 saturated carbocycles. The molecule has 2 aromatic carbocycles. The molecule has 1 N–H and O–H groups in total. The summed E-state index contributed by atoms with van der Waals surface area (Å²) < 4.78 is 12.2. The lowest BCUT2D eigenvalue weighted by Crippen LogP contribution is -2.50. The molecule has 1 spiro atoms. The van der Waals surface area contributed by atoms with Crippen LogP contribution in [0.4, 0.5) is 10.5 Å². The smallest absolute Gasteiger partial charge is 0.410 e. The minimum Gasteiger partial charge on any atom is -0.444 e. The third kappa shape index (κ3) is 4.30. The number of piperazine rings is 1. The summed E-state index contributed by atoms with van der Waals surface area (Å²) in [6.45, 7) is 9.27. The van der Waals surface area contributed by atoms with Crippen molar-refractivity contribution in [2.24, 2.45) is 0 Å². The van der Waals surface area contributed by atoms with Crippen molar-refractivity contribution in [3.05, 3.63) is 62.8 Å². The van der Waals surface area contributed by atoms with Crippen LogP contribution < -0.4 is 4.90 Å². The lowest BCUT2D eigenvalue weighted by atomic mass is 9.64. The van der Waals surface area contributed by atoms with Gasteiger partial charge >= 0.3 is 6.09 Å². The summed E-state index contributed by atoms with van der Waals surface area (Å²) in [5, 5.41) is 10.3. The van der Waals surface area contributed by atoms with Gasteiger partial charge in [0.05, 0.1) is 22.9 Å². The number of anilines is 1. The van der Waals surface area contributed by atoms with Gasteiger partial charge in [0.25, 0.3) is 0 Å². The number of ether oxygens (including phenoxy) is 2. The van der Waals surface area contributed by atoms with E-state index in [4.69, 9.17) is 9.47 Å². The molecule has 8 nitrogen and oxygen atoms in total. The van der Waals surface area contributed by atoms with Crippen LogP contribution in [0.15, 0.2) is 34.8 Å². The van der Waals surface area contributed by atoms with Crippen molar-refractivity contribution in [1.82, 2.24) is 9.88 Å². The SMILES string of the molecule is CC(C)(C)OC(=O)N1CCN(c2cc3c(cc2Br)C(=O)c2c([nH]c4cc(C#N)ccc24)C32CCOCC2)CC1. The number of fused-ring (bicyclic) bond motifs is 6. The van der Waals surface area contributed by atoms with Gasteiger partial charge in [-0.25, -0.2) is 4.79 Å². The van der Waals surface area contributed by atoms with Crippen molar-refractivity contribution in [3.63, 3.8) is 0 Å². The average molecular weight is 592 g/mol. The van der Waals surface area contributed by atoms with E-state index in [-0.39, 0.29) is 11.9 Å². The second kappa shape index (κ2) is 9.39. The number of benzene rings is 2. The van der Waals surface area contributed by atoms with Crippen LogP contribution in [-0.4, -0.2) is 66.8 Å². The Balaban J connectivity index is 1.39. The normalized spacial score (nSPS) is 18.6. The molecule has 2 saturated heterocycles. The number of ketones is 1.